The van der Waals surface area contributed by atoms with E-state index in [2.05, 4.69) is 19.8 Å². The van der Waals surface area contributed by atoms with Crippen LogP contribution >= 0.6 is 0 Å². The number of hydrogen-bond donors (Lipinski definition) is 2. The Balaban J connectivity index is 1.66. The minimum Gasteiger partial charge on any atom is -0.335 e. The molecule has 0 saturated heterocycles. The van der Waals surface area contributed by atoms with Gasteiger partial charge in [0, 0.05) is 23.4 Å². The number of carbonyl (C=O) groups excluding carboxylic acids is 2. The second-order valence-electron chi connectivity index (χ2n) is 6.90. The topological polar surface area (TPSA) is 122 Å². The molecule has 3 heterocycles. The summed E-state index contributed by atoms with van der Waals surface area (Å²) in [6.45, 7) is -1.67. The third-order valence-electron chi connectivity index (χ3n) is 4.64. The van der Waals surface area contributed by atoms with Crippen molar-refractivity contribution in [3.8, 4) is 22.5 Å². The summed E-state index contributed by atoms with van der Waals surface area (Å²) in [6, 6.07) is 9.60. The number of aromatic amines is 1. The zero-order valence-corrected chi connectivity index (χ0v) is 17.1. The van der Waals surface area contributed by atoms with E-state index in [1.165, 1.54) is 30.6 Å². The molecule has 0 aliphatic rings. The first-order chi connectivity index (χ1) is 16.2. The van der Waals surface area contributed by atoms with Gasteiger partial charge in [-0.25, -0.2) is 14.8 Å². The molecule has 0 unspecified atom stereocenters. The number of hydrogen-bond acceptors (Lipinski definition) is 6. The van der Waals surface area contributed by atoms with Crippen molar-refractivity contribution < 1.29 is 27.6 Å². The van der Waals surface area contributed by atoms with Gasteiger partial charge in [-0.2, -0.15) is 13.2 Å². The van der Waals surface area contributed by atoms with Gasteiger partial charge in [-0.3, -0.25) is 14.0 Å². The number of benzene rings is 1. The predicted molar refractivity (Wildman–Crippen MR) is 114 cm³/mol. The third-order valence-corrected chi connectivity index (χ3v) is 4.64. The lowest BCUT2D eigenvalue weighted by molar-refractivity contribution is -0.129. The predicted octanol–water partition coefficient (Wildman–Crippen LogP) is 2.92. The SMILES string of the molecule is O=CON(C(=O)NCC(F)(F)F)c1cccc(-c2cnc3cc(-c4cc(=O)[nH]cn4)ccn23)c1. The number of urea groups is 1. The van der Waals surface area contributed by atoms with E-state index in [1.807, 2.05) is 0 Å². The molecule has 0 aliphatic heterocycles. The van der Waals surface area contributed by atoms with Crippen LogP contribution in [0.25, 0.3) is 28.2 Å². The standard InChI is InChI=1S/C21H15F3N6O4/c22-21(23,24)10-26-20(33)30(34-12-31)15-3-1-2-14(6-15)17-9-25-18-7-13(4-5-29(17)18)16-8-19(32)28-11-27-16/h1-9,11-12H,10H2,(H,26,33)(H,27,28,32). The third kappa shape index (κ3) is 4.87. The van der Waals surface area contributed by atoms with Gasteiger partial charge in [0.1, 0.15) is 12.2 Å². The Bertz CT molecular complexity index is 1420. The number of imidazole rings is 1. The first kappa shape index (κ1) is 22.5. The van der Waals surface area contributed by atoms with Gasteiger partial charge in [-0.05, 0) is 24.3 Å². The van der Waals surface area contributed by atoms with Crippen LogP contribution in [0, 0.1) is 0 Å². The molecule has 0 radical (unpaired) electrons. The normalized spacial score (nSPS) is 11.3. The highest BCUT2D eigenvalue weighted by Crippen LogP contribution is 2.27. The minimum absolute atomic E-state index is 0.0172. The van der Waals surface area contributed by atoms with E-state index in [0.717, 1.165) is 0 Å². The average molecular weight is 472 g/mol. The number of fused-ring (bicyclic) bond motifs is 1. The van der Waals surface area contributed by atoms with Crippen molar-refractivity contribution in [2.75, 3.05) is 11.6 Å². The van der Waals surface area contributed by atoms with E-state index >= 15 is 0 Å². The fraction of sp³-hybridized carbons (Fsp3) is 0.0952. The maximum Gasteiger partial charge on any atom is 0.405 e. The fourth-order valence-corrected chi connectivity index (χ4v) is 3.19. The van der Waals surface area contributed by atoms with Crippen LogP contribution in [0.2, 0.25) is 0 Å². The van der Waals surface area contributed by atoms with Crippen LogP contribution in [-0.2, 0) is 9.63 Å². The highest BCUT2D eigenvalue weighted by Gasteiger charge is 2.30. The number of anilines is 1. The Morgan fingerprint density at radius 3 is 2.74 bits per heavy atom. The van der Waals surface area contributed by atoms with Gasteiger partial charge in [-0.15, -0.1) is 5.06 Å². The lowest BCUT2D eigenvalue weighted by Gasteiger charge is -2.20. The Morgan fingerprint density at radius 1 is 1.18 bits per heavy atom. The van der Waals surface area contributed by atoms with Gasteiger partial charge in [0.05, 0.1) is 29.6 Å². The summed E-state index contributed by atoms with van der Waals surface area (Å²) in [7, 11) is 0. The van der Waals surface area contributed by atoms with Crippen LogP contribution in [0.15, 0.2) is 66.0 Å². The maximum atomic E-state index is 12.4. The second kappa shape index (κ2) is 9.05. The summed E-state index contributed by atoms with van der Waals surface area (Å²) in [5.41, 5.74) is 2.50. The number of carbonyl (C=O) groups is 2. The van der Waals surface area contributed by atoms with E-state index in [-0.39, 0.29) is 17.7 Å². The van der Waals surface area contributed by atoms with Crippen LogP contribution in [0.4, 0.5) is 23.7 Å². The molecule has 174 valence electrons. The van der Waals surface area contributed by atoms with Gasteiger partial charge >= 0.3 is 18.7 Å². The quantitative estimate of drug-likeness (QED) is 0.329. The lowest BCUT2D eigenvalue weighted by atomic mass is 10.1. The van der Waals surface area contributed by atoms with Crippen LogP contribution in [0.1, 0.15) is 0 Å². The van der Waals surface area contributed by atoms with Gasteiger partial charge in [0.25, 0.3) is 5.56 Å². The summed E-state index contributed by atoms with van der Waals surface area (Å²) >= 11 is 0. The van der Waals surface area contributed by atoms with Crippen LogP contribution in [0.5, 0.6) is 0 Å². The summed E-state index contributed by atoms with van der Waals surface area (Å²) in [4.78, 5) is 50.1. The van der Waals surface area contributed by atoms with Crippen LogP contribution < -0.4 is 15.9 Å². The van der Waals surface area contributed by atoms with Crippen molar-refractivity contribution in [3.05, 3.63) is 71.5 Å². The number of H-pyrrole nitrogens is 1. The summed E-state index contributed by atoms with van der Waals surface area (Å²) in [5, 5.41) is 2.06. The van der Waals surface area contributed by atoms with E-state index in [4.69, 9.17) is 0 Å². The second-order valence-corrected chi connectivity index (χ2v) is 6.90. The highest BCUT2D eigenvalue weighted by atomic mass is 19.4. The fourth-order valence-electron chi connectivity index (χ4n) is 3.19. The first-order valence-corrected chi connectivity index (χ1v) is 9.63. The molecule has 0 saturated carbocycles. The number of aromatic nitrogens is 4. The minimum atomic E-state index is -4.64. The molecule has 1 aromatic carbocycles. The summed E-state index contributed by atoms with van der Waals surface area (Å²) in [6.07, 6.45) is -0.0821. The van der Waals surface area contributed by atoms with Crippen LogP contribution in [0.3, 0.4) is 0 Å². The number of rotatable bonds is 6. The van der Waals surface area contributed by atoms with E-state index < -0.39 is 18.8 Å². The number of alkyl halides is 3. The first-order valence-electron chi connectivity index (χ1n) is 9.63. The van der Waals surface area contributed by atoms with E-state index in [1.54, 1.807) is 40.3 Å². The summed E-state index contributed by atoms with van der Waals surface area (Å²) in [5.74, 6) is 0. The van der Waals surface area contributed by atoms with Crippen LogP contribution in [-0.4, -0.2) is 44.6 Å². The van der Waals surface area contributed by atoms with E-state index in [9.17, 15) is 27.6 Å². The molecule has 4 aromatic rings. The molecule has 0 atom stereocenters. The number of halogens is 3. The highest BCUT2D eigenvalue weighted by molar-refractivity contribution is 5.91. The average Bonchev–Trinajstić information content (AvgIpc) is 3.24. The molecule has 10 nitrogen and oxygen atoms in total. The number of nitrogens with one attached hydrogen (secondary N) is 2. The molecule has 4 rings (SSSR count). The van der Waals surface area contributed by atoms with Gasteiger partial charge < -0.3 is 15.1 Å². The van der Waals surface area contributed by atoms with Crippen molar-refractivity contribution in [2.45, 2.75) is 6.18 Å². The molecule has 0 spiro atoms. The molecule has 2 amide bonds. The van der Waals surface area contributed by atoms with Crippen molar-refractivity contribution in [1.29, 1.82) is 0 Å². The van der Waals surface area contributed by atoms with Gasteiger partial charge in [0.2, 0.25) is 0 Å². The molecule has 34 heavy (non-hydrogen) atoms. The van der Waals surface area contributed by atoms with E-state index in [0.29, 0.717) is 33.2 Å². The molecule has 13 heteroatoms. The number of nitrogens with zero attached hydrogens (tertiary/aromatic N) is 4. The number of amides is 2. The Kier molecular flexibility index (Phi) is 5.99. The monoisotopic (exact) mass is 472 g/mol. The summed E-state index contributed by atoms with van der Waals surface area (Å²) < 4.78 is 39.1. The van der Waals surface area contributed by atoms with Crippen molar-refractivity contribution >= 4 is 23.8 Å². The molecule has 3 aromatic heterocycles. The number of hydroxylamine groups is 1. The van der Waals surface area contributed by atoms with Crippen molar-refractivity contribution in [1.82, 2.24) is 24.7 Å². The zero-order valence-electron chi connectivity index (χ0n) is 17.1. The van der Waals surface area contributed by atoms with Gasteiger partial charge in [-0.1, -0.05) is 12.1 Å². The molecular formula is C21H15F3N6O4. The van der Waals surface area contributed by atoms with Crippen molar-refractivity contribution in [3.63, 3.8) is 0 Å². The van der Waals surface area contributed by atoms with Gasteiger partial charge in [0.15, 0.2) is 0 Å². The largest absolute Gasteiger partial charge is 0.405 e. The molecule has 0 fully saturated rings. The number of pyridine rings is 1. The smallest absolute Gasteiger partial charge is 0.335 e. The van der Waals surface area contributed by atoms with Crippen molar-refractivity contribution in [2.24, 2.45) is 0 Å². The maximum absolute atomic E-state index is 12.4. The molecule has 0 bridgehead atoms. The molecule has 2 N–H and O–H groups in total. The Labute approximate surface area is 188 Å². The lowest BCUT2D eigenvalue weighted by Crippen LogP contribution is -2.43. The Hall–Kier alpha value is -4.68. The zero-order chi connectivity index (χ0) is 24.3. The molecular weight excluding hydrogens is 457 g/mol. The molecule has 0 aliphatic carbocycles. The Morgan fingerprint density at radius 2 is 2.00 bits per heavy atom.